The lowest BCUT2D eigenvalue weighted by molar-refractivity contribution is -0.150. The predicted octanol–water partition coefficient (Wildman–Crippen LogP) is 4.22. The van der Waals surface area contributed by atoms with Crippen molar-refractivity contribution in [1.82, 2.24) is 25.4 Å². The number of anilines is 1. The van der Waals surface area contributed by atoms with Gasteiger partial charge in [-0.25, -0.2) is 18.2 Å². The number of carbonyl (C=O) groups is 4. The number of hydrogen-bond acceptors (Lipinski definition) is 7. The number of aromatic nitrogens is 1. The fourth-order valence-electron chi connectivity index (χ4n) is 6.26. The third-order valence-corrected chi connectivity index (χ3v) is 9.78. The quantitative estimate of drug-likeness (QED) is 0.280. The molecule has 2 fully saturated rings. The molecule has 3 N–H and O–H groups in total. The third-order valence-electron chi connectivity index (χ3n) is 9.78. The molecule has 2 atom stereocenters. The topological polar surface area (TPSA) is 133 Å². The van der Waals surface area contributed by atoms with Crippen molar-refractivity contribution >= 4 is 29.3 Å². The molecule has 1 aliphatic heterocycles. The smallest absolute Gasteiger partial charge is 0.351 e. The van der Waals surface area contributed by atoms with Gasteiger partial charge in [0.2, 0.25) is 29.5 Å². The van der Waals surface area contributed by atoms with Crippen LogP contribution in [0.4, 0.5) is 27.6 Å². The lowest BCUT2D eigenvalue weighted by atomic mass is 9.76. The molecule has 280 valence electrons. The summed E-state index contributed by atoms with van der Waals surface area (Å²) < 4.78 is 79.1. The second kappa shape index (κ2) is 15.9. The molecular formula is C35H45F5N6O5. The van der Waals surface area contributed by atoms with Gasteiger partial charge in [-0.05, 0) is 49.6 Å². The monoisotopic (exact) mass is 724 g/mol. The van der Waals surface area contributed by atoms with Crippen LogP contribution in [0.5, 0.6) is 5.88 Å². The molecule has 0 radical (unpaired) electrons. The first-order valence-corrected chi connectivity index (χ1v) is 16.8. The summed E-state index contributed by atoms with van der Waals surface area (Å²) >= 11 is 0. The Morgan fingerprint density at radius 1 is 1.00 bits per heavy atom. The van der Waals surface area contributed by atoms with Gasteiger partial charge >= 0.3 is 5.92 Å². The SMILES string of the molecule is CCC(=O)N[C@@H](C(=O)N1CCN(C)CC1)C(C)(C)c1ccc(NC(=O)[C@@H](NC(=O)C(F)(F)c2ccc(OC)nc2)C2CCC(F)(F)CC2)c(F)c1. The van der Waals surface area contributed by atoms with Crippen LogP contribution in [0.25, 0.3) is 0 Å². The Hall–Kier alpha value is -4.34. The maximum Gasteiger partial charge on any atom is 0.351 e. The second-order valence-electron chi connectivity index (χ2n) is 13.7. The van der Waals surface area contributed by atoms with Gasteiger partial charge in [-0.3, -0.25) is 19.2 Å². The van der Waals surface area contributed by atoms with Gasteiger partial charge < -0.3 is 30.5 Å². The van der Waals surface area contributed by atoms with Crippen molar-refractivity contribution < 1.29 is 45.9 Å². The van der Waals surface area contributed by atoms with Gasteiger partial charge in [-0.1, -0.05) is 26.8 Å². The van der Waals surface area contributed by atoms with Crippen molar-refractivity contribution in [2.45, 2.75) is 82.2 Å². The Kier molecular flexibility index (Phi) is 12.3. The summed E-state index contributed by atoms with van der Waals surface area (Å²) in [5.41, 5.74) is -1.99. The van der Waals surface area contributed by atoms with E-state index in [-0.39, 0.29) is 42.6 Å². The van der Waals surface area contributed by atoms with Gasteiger partial charge in [-0.2, -0.15) is 8.78 Å². The fourth-order valence-corrected chi connectivity index (χ4v) is 6.26. The highest BCUT2D eigenvalue weighted by atomic mass is 19.3. The third kappa shape index (κ3) is 9.32. The van der Waals surface area contributed by atoms with E-state index in [1.165, 1.54) is 19.2 Å². The van der Waals surface area contributed by atoms with E-state index in [0.717, 1.165) is 24.4 Å². The van der Waals surface area contributed by atoms with E-state index in [1.807, 2.05) is 12.4 Å². The maximum absolute atomic E-state index is 15.7. The van der Waals surface area contributed by atoms with Gasteiger partial charge in [0, 0.05) is 68.7 Å². The summed E-state index contributed by atoms with van der Waals surface area (Å²) in [4.78, 5) is 60.2. The highest BCUT2D eigenvalue weighted by Gasteiger charge is 2.46. The Morgan fingerprint density at radius 2 is 1.63 bits per heavy atom. The van der Waals surface area contributed by atoms with Crippen LogP contribution in [0, 0.1) is 11.7 Å². The molecule has 1 aromatic carbocycles. The standard InChI is InChI=1S/C35H45F5N6O5/c1-6-26(47)43-29(31(49)46-17-15-45(4)16-18-46)33(2,3)22-7-9-25(24(36)19-22)42-30(48)28(21-11-13-34(37,38)14-12-21)44-32(50)35(39,40)23-8-10-27(51-5)41-20-23/h7-10,19-21,28-29H,6,11-18H2,1-5H3,(H,42,48)(H,43,47)(H,44,50)/t28-,29-/m0/s1. The maximum atomic E-state index is 15.7. The largest absolute Gasteiger partial charge is 0.481 e. The van der Waals surface area contributed by atoms with Crippen molar-refractivity contribution in [3.8, 4) is 5.88 Å². The highest BCUT2D eigenvalue weighted by Crippen LogP contribution is 2.39. The van der Waals surface area contributed by atoms with Crippen molar-refractivity contribution in [1.29, 1.82) is 0 Å². The van der Waals surface area contributed by atoms with E-state index in [0.29, 0.717) is 31.7 Å². The lowest BCUT2D eigenvalue weighted by Gasteiger charge is -2.40. The van der Waals surface area contributed by atoms with Crippen LogP contribution in [0.2, 0.25) is 0 Å². The minimum atomic E-state index is -4.17. The summed E-state index contributed by atoms with van der Waals surface area (Å²) in [6.45, 7) is 7.18. The number of methoxy groups -OCH3 is 1. The molecule has 1 saturated carbocycles. The number of benzene rings is 1. The van der Waals surface area contributed by atoms with E-state index in [4.69, 9.17) is 4.74 Å². The molecule has 2 heterocycles. The first kappa shape index (κ1) is 39.4. The number of pyridine rings is 1. The highest BCUT2D eigenvalue weighted by molar-refractivity contribution is 5.98. The average Bonchev–Trinajstić information content (AvgIpc) is 3.10. The normalized spacial score (nSPS) is 18.4. The van der Waals surface area contributed by atoms with E-state index in [2.05, 4.69) is 20.5 Å². The van der Waals surface area contributed by atoms with Crippen molar-refractivity contribution in [3.63, 3.8) is 0 Å². The molecule has 0 unspecified atom stereocenters. The molecule has 16 heteroatoms. The summed E-state index contributed by atoms with van der Waals surface area (Å²) in [6.07, 6.45) is -0.926. The number of rotatable bonds is 12. The minimum absolute atomic E-state index is 0.0228. The van der Waals surface area contributed by atoms with E-state index < -0.39 is 71.3 Å². The lowest BCUT2D eigenvalue weighted by Crippen LogP contribution is -2.60. The average molecular weight is 725 g/mol. The predicted molar refractivity (Wildman–Crippen MR) is 178 cm³/mol. The van der Waals surface area contributed by atoms with Crippen LogP contribution in [-0.2, 0) is 30.5 Å². The zero-order valence-corrected chi connectivity index (χ0v) is 29.3. The van der Waals surface area contributed by atoms with Crippen molar-refractivity contribution in [2.75, 3.05) is 45.7 Å². The van der Waals surface area contributed by atoms with Crippen LogP contribution >= 0.6 is 0 Å². The van der Waals surface area contributed by atoms with E-state index >= 15 is 13.2 Å². The summed E-state index contributed by atoms with van der Waals surface area (Å²) in [7, 11) is 3.21. The van der Waals surface area contributed by atoms with Crippen LogP contribution in [-0.4, -0.2) is 96.8 Å². The van der Waals surface area contributed by atoms with Crippen LogP contribution < -0.4 is 20.7 Å². The number of alkyl halides is 4. The molecule has 2 aliphatic rings. The van der Waals surface area contributed by atoms with Gasteiger partial charge in [0.25, 0.3) is 5.91 Å². The molecule has 4 rings (SSSR count). The number of carbonyl (C=O) groups excluding carboxylic acids is 4. The molecule has 1 aromatic heterocycles. The Morgan fingerprint density at radius 3 is 2.18 bits per heavy atom. The number of ether oxygens (including phenoxy) is 1. The van der Waals surface area contributed by atoms with Crippen LogP contribution in [0.3, 0.4) is 0 Å². The Bertz CT molecular complexity index is 1570. The molecule has 51 heavy (non-hydrogen) atoms. The zero-order chi connectivity index (χ0) is 37.7. The first-order valence-electron chi connectivity index (χ1n) is 16.8. The molecule has 4 amide bonds. The van der Waals surface area contributed by atoms with Crippen molar-refractivity contribution in [3.05, 3.63) is 53.5 Å². The molecule has 0 bridgehead atoms. The number of hydrogen-bond donors (Lipinski definition) is 3. The number of likely N-dealkylation sites (N-methyl/N-ethyl adjacent to an activating group) is 1. The minimum Gasteiger partial charge on any atom is -0.481 e. The van der Waals surface area contributed by atoms with Crippen molar-refractivity contribution in [2.24, 2.45) is 5.92 Å². The van der Waals surface area contributed by atoms with Gasteiger partial charge in [0.15, 0.2) is 0 Å². The van der Waals surface area contributed by atoms with E-state index in [9.17, 15) is 28.0 Å². The summed E-state index contributed by atoms with van der Waals surface area (Å²) in [6, 6.07) is 3.06. The molecule has 2 aromatic rings. The number of halogens is 5. The molecule has 11 nitrogen and oxygen atoms in total. The number of amides is 4. The molecule has 1 saturated heterocycles. The number of piperazine rings is 1. The first-order chi connectivity index (χ1) is 23.9. The van der Waals surface area contributed by atoms with Gasteiger partial charge in [-0.15, -0.1) is 0 Å². The molecule has 0 spiro atoms. The zero-order valence-electron chi connectivity index (χ0n) is 29.3. The molecular weight excluding hydrogens is 679 g/mol. The number of nitrogens with one attached hydrogen (secondary N) is 3. The van der Waals surface area contributed by atoms with Gasteiger partial charge in [0.05, 0.1) is 12.8 Å². The van der Waals surface area contributed by atoms with Crippen LogP contribution in [0.1, 0.15) is 64.0 Å². The van der Waals surface area contributed by atoms with Crippen LogP contribution in [0.15, 0.2) is 36.5 Å². The Labute approximate surface area is 293 Å². The second-order valence-corrected chi connectivity index (χ2v) is 13.7. The summed E-state index contributed by atoms with van der Waals surface area (Å²) in [5.74, 6) is -12.7. The molecule has 1 aliphatic carbocycles. The van der Waals surface area contributed by atoms with Gasteiger partial charge in [0.1, 0.15) is 17.9 Å². The Balaban J connectivity index is 1.58. The fraction of sp³-hybridized carbons (Fsp3) is 0.571. The summed E-state index contributed by atoms with van der Waals surface area (Å²) in [5, 5.41) is 7.14. The van der Waals surface area contributed by atoms with E-state index in [1.54, 1.807) is 25.7 Å². The number of nitrogens with zero attached hydrogens (tertiary/aromatic N) is 3.